The molecule has 0 aromatic rings. The Morgan fingerprint density at radius 3 is 2.00 bits per heavy atom. The first kappa shape index (κ1) is 19.7. The number of nitrogens with one attached hydrogen (secondary N) is 2. The highest BCUT2D eigenvalue weighted by atomic mass is 35.5. The topological polar surface area (TPSA) is 93.7 Å². The smallest absolute Gasteiger partial charge is 0.340 e. The van der Waals surface area contributed by atoms with Crippen molar-refractivity contribution in [3.05, 3.63) is 0 Å². The Balaban J connectivity index is 0.00000400. The Labute approximate surface area is 130 Å². The molecule has 1 saturated heterocycles. The quantitative estimate of drug-likeness (QED) is 0.529. The van der Waals surface area contributed by atoms with Crippen LogP contribution in [0.2, 0.25) is 0 Å². The lowest BCUT2D eigenvalue weighted by Crippen LogP contribution is -2.51. The number of ether oxygens (including phenoxy) is 2. The summed E-state index contributed by atoms with van der Waals surface area (Å²) < 4.78 is 9.59. The molecule has 1 amide bonds. The van der Waals surface area contributed by atoms with E-state index in [2.05, 4.69) is 10.6 Å². The number of rotatable bonds is 6. The van der Waals surface area contributed by atoms with Gasteiger partial charge in [-0.25, -0.2) is 9.59 Å². The van der Waals surface area contributed by atoms with Crippen molar-refractivity contribution in [1.29, 1.82) is 0 Å². The molecule has 0 atom stereocenters. The summed E-state index contributed by atoms with van der Waals surface area (Å²) in [6.07, 6.45) is 1.37. The van der Waals surface area contributed by atoms with Crippen LogP contribution in [-0.2, 0) is 23.9 Å². The largest absolute Gasteiger partial charge is 0.464 e. The van der Waals surface area contributed by atoms with E-state index in [0.717, 1.165) is 13.1 Å². The average molecular weight is 323 g/mol. The van der Waals surface area contributed by atoms with Crippen LogP contribution in [0.15, 0.2) is 0 Å². The molecule has 0 aromatic heterocycles. The van der Waals surface area contributed by atoms with Crippen molar-refractivity contribution in [3.63, 3.8) is 0 Å². The molecule has 0 spiro atoms. The number of esters is 2. The Hall–Kier alpha value is -1.34. The molecule has 1 aliphatic rings. The number of carbonyl (C=O) groups excluding carboxylic acids is 3. The van der Waals surface area contributed by atoms with Gasteiger partial charge in [-0.1, -0.05) is 0 Å². The zero-order valence-corrected chi connectivity index (χ0v) is 13.2. The summed E-state index contributed by atoms with van der Waals surface area (Å²) in [6, 6.07) is -1.38. The first-order chi connectivity index (χ1) is 9.60. The van der Waals surface area contributed by atoms with Gasteiger partial charge in [0.25, 0.3) is 0 Å². The van der Waals surface area contributed by atoms with E-state index in [1.165, 1.54) is 0 Å². The fourth-order valence-electron chi connectivity index (χ4n) is 2.01. The SMILES string of the molecule is CCOC(=O)C(NC(=O)C1CCNCC1)C(=O)OCC.Cl. The first-order valence-corrected chi connectivity index (χ1v) is 6.94. The van der Waals surface area contributed by atoms with Crippen LogP contribution >= 0.6 is 12.4 Å². The van der Waals surface area contributed by atoms with Gasteiger partial charge in [-0.15, -0.1) is 12.4 Å². The molecule has 2 N–H and O–H groups in total. The zero-order chi connectivity index (χ0) is 15.0. The lowest BCUT2D eigenvalue weighted by Gasteiger charge is -2.23. The van der Waals surface area contributed by atoms with Crippen molar-refractivity contribution in [1.82, 2.24) is 10.6 Å². The van der Waals surface area contributed by atoms with Gasteiger partial charge in [0.1, 0.15) is 0 Å². The molecule has 1 heterocycles. The minimum atomic E-state index is -1.38. The van der Waals surface area contributed by atoms with Gasteiger partial charge in [-0.2, -0.15) is 0 Å². The van der Waals surface area contributed by atoms with Gasteiger partial charge in [-0.05, 0) is 39.8 Å². The van der Waals surface area contributed by atoms with E-state index >= 15 is 0 Å². The minimum absolute atomic E-state index is 0. The first-order valence-electron chi connectivity index (χ1n) is 6.94. The lowest BCUT2D eigenvalue weighted by atomic mass is 9.97. The Morgan fingerprint density at radius 2 is 1.57 bits per heavy atom. The summed E-state index contributed by atoms with van der Waals surface area (Å²) in [5.74, 6) is -2.07. The van der Waals surface area contributed by atoms with Crippen molar-refractivity contribution < 1.29 is 23.9 Å². The van der Waals surface area contributed by atoms with E-state index in [1.54, 1.807) is 13.8 Å². The maximum absolute atomic E-state index is 12.1. The molecule has 8 heteroatoms. The molecule has 0 saturated carbocycles. The van der Waals surface area contributed by atoms with Crippen LogP contribution < -0.4 is 10.6 Å². The van der Waals surface area contributed by atoms with Crippen molar-refractivity contribution in [3.8, 4) is 0 Å². The van der Waals surface area contributed by atoms with Gasteiger partial charge in [0, 0.05) is 5.92 Å². The van der Waals surface area contributed by atoms with Gasteiger partial charge in [0.2, 0.25) is 11.9 Å². The molecule has 1 fully saturated rings. The molecule has 0 aliphatic carbocycles. The van der Waals surface area contributed by atoms with Crippen LogP contribution in [0.3, 0.4) is 0 Å². The van der Waals surface area contributed by atoms with Crippen LogP contribution in [0.1, 0.15) is 26.7 Å². The minimum Gasteiger partial charge on any atom is -0.464 e. The van der Waals surface area contributed by atoms with Crippen molar-refractivity contribution in [2.45, 2.75) is 32.7 Å². The Bertz CT molecular complexity index is 340. The molecule has 0 radical (unpaired) electrons. The highest BCUT2D eigenvalue weighted by molar-refractivity contribution is 6.02. The summed E-state index contributed by atoms with van der Waals surface area (Å²) in [6.45, 7) is 5.04. The number of hydrogen-bond acceptors (Lipinski definition) is 6. The number of carbonyl (C=O) groups is 3. The fraction of sp³-hybridized carbons (Fsp3) is 0.769. The summed E-state index contributed by atoms with van der Waals surface area (Å²) in [5.41, 5.74) is 0. The van der Waals surface area contributed by atoms with Gasteiger partial charge in [0.05, 0.1) is 13.2 Å². The second kappa shape index (κ2) is 10.4. The molecular weight excluding hydrogens is 300 g/mol. The predicted molar refractivity (Wildman–Crippen MR) is 78.0 cm³/mol. The van der Waals surface area contributed by atoms with E-state index in [4.69, 9.17) is 9.47 Å². The van der Waals surface area contributed by atoms with Gasteiger partial charge < -0.3 is 20.1 Å². The average Bonchev–Trinajstić information content (AvgIpc) is 2.45. The fourth-order valence-corrected chi connectivity index (χ4v) is 2.01. The molecule has 7 nitrogen and oxygen atoms in total. The maximum atomic E-state index is 12.1. The molecule has 0 bridgehead atoms. The molecule has 0 unspecified atom stereocenters. The van der Waals surface area contributed by atoms with E-state index in [9.17, 15) is 14.4 Å². The van der Waals surface area contributed by atoms with E-state index in [-0.39, 0.29) is 37.4 Å². The van der Waals surface area contributed by atoms with E-state index < -0.39 is 18.0 Å². The molecule has 1 rings (SSSR count). The summed E-state index contributed by atoms with van der Waals surface area (Å²) in [5, 5.41) is 5.59. The van der Waals surface area contributed by atoms with Crippen LogP contribution in [0.5, 0.6) is 0 Å². The van der Waals surface area contributed by atoms with Crippen molar-refractivity contribution in [2.75, 3.05) is 26.3 Å². The number of hydrogen-bond donors (Lipinski definition) is 2. The van der Waals surface area contributed by atoms with Crippen LogP contribution in [0.4, 0.5) is 0 Å². The third-order valence-electron chi connectivity index (χ3n) is 3.04. The van der Waals surface area contributed by atoms with Crippen molar-refractivity contribution in [2.24, 2.45) is 5.92 Å². The van der Waals surface area contributed by atoms with Gasteiger partial charge >= 0.3 is 11.9 Å². The zero-order valence-electron chi connectivity index (χ0n) is 12.3. The highest BCUT2D eigenvalue weighted by Crippen LogP contribution is 2.12. The monoisotopic (exact) mass is 322 g/mol. The molecule has 0 aromatic carbocycles. The van der Waals surface area contributed by atoms with E-state index in [0.29, 0.717) is 12.8 Å². The number of halogens is 1. The second-order valence-corrected chi connectivity index (χ2v) is 4.47. The second-order valence-electron chi connectivity index (χ2n) is 4.47. The van der Waals surface area contributed by atoms with Crippen LogP contribution in [-0.4, -0.2) is 50.2 Å². The maximum Gasteiger partial charge on any atom is 0.340 e. The number of piperidine rings is 1. The Kier molecular flexibility index (Phi) is 9.73. The van der Waals surface area contributed by atoms with Crippen LogP contribution in [0, 0.1) is 5.92 Å². The molecule has 21 heavy (non-hydrogen) atoms. The molecular formula is C13H23ClN2O5. The van der Waals surface area contributed by atoms with Crippen molar-refractivity contribution >= 4 is 30.3 Å². The molecule has 1 aliphatic heterocycles. The summed E-state index contributed by atoms with van der Waals surface area (Å²) in [7, 11) is 0. The summed E-state index contributed by atoms with van der Waals surface area (Å²) >= 11 is 0. The lowest BCUT2D eigenvalue weighted by molar-refractivity contribution is -0.160. The summed E-state index contributed by atoms with van der Waals surface area (Å²) in [4.78, 5) is 35.5. The van der Waals surface area contributed by atoms with Crippen LogP contribution in [0.25, 0.3) is 0 Å². The number of amides is 1. The van der Waals surface area contributed by atoms with E-state index in [1.807, 2.05) is 0 Å². The van der Waals surface area contributed by atoms with Gasteiger partial charge in [-0.3, -0.25) is 4.79 Å². The predicted octanol–water partition coefficient (Wildman–Crippen LogP) is 0.0188. The highest BCUT2D eigenvalue weighted by Gasteiger charge is 2.33. The van der Waals surface area contributed by atoms with Gasteiger partial charge in [0.15, 0.2) is 0 Å². The Morgan fingerprint density at radius 1 is 1.10 bits per heavy atom. The standard InChI is InChI=1S/C13H22N2O5.ClH/c1-3-19-12(17)10(13(18)20-4-2)15-11(16)9-5-7-14-8-6-9;/h9-10,14H,3-8H2,1-2H3,(H,15,16);1H. The molecule has 122 valence electrons. The third-order valence-corrected chi connectivity index (χ3v) is 3.04. The third kappa shape index (κ3) is 6.31. The normalized spacial score (nSPS) is 15.0.